The van der Waals surface area contributed by atoms with Crippen LogP contribution in [0.1, 0.15) is 57.5 Å². The molecule has 2 unspecified atom stereocenters. The van der Waals surface area contributed by atoms with Gasteiger partial charge in [-0.15, -0.1) is 0 Å². The summed E-state index contributed by atoms with van der Waals surface area (Å²) in [5, 5.41) is 3.07. The molecule has 1 aromatic carbocycles. The quantitative estimate of drug-likeness (QED) is 0.749. The highest BCUT2D eigenvalue weighted by atomic mass is 16.5. The van der Waals surface area contributed by atoms with E-state index < -0.39 is 5.92 Å². The molecule has 158 valence electrons. The van der Waals surface area contributed by atoms with Gasteiger partial charge in [0.05, 0.1) is 12.0 Å². The van der Waals surface area contributed by atoms with Gasteiger partial charge < -0.3 is 19.5 Å². The van der Waals surface area contributed by atoms with Gasteiger partial charge in [-0.3, -0.25) is 9.59 Å². The summed E-state index contributed by atoms with van der Waals surface area (Å²) in [6, 6.07) is 7.13. The lowest BCUT2D eigenvalue weighted by Crippen LogP contribution is -2.46. The molecule has 1 aliphatic heterocycles. The van der Waals surface area contributed by atoms with E-state index in [-0.39, 0.29) is 17.9 Å². The highest BCUT2D eigenvalue weighted by Gasteiger charge is 2.44. The minimum atomic E-state index is -0.465. The van der Waals surface area contributed by atoms with Crippen molar-refractivity contribution in [3.05, 3.63) is 64.5 Å². The molecule has 0 spiro atoms. The second-order valence-electron chi connectivity index (χ2n) is 8.06. The van der Waals surface area contributed by atoms with Gasteiger partial charge in [0.2, 0.25) is 5.91 Å². The molecule has 1 N–H and O–H groups in total. The largest absolute Gasteiger partial charge is 0.385 e. The summed E-state index contributed by atoms with van der Waals surface area (Å²) >= 11 is 0. The average Bonchev–Trinajstić information content (AvgIpc) is 3.10. The van der Waals surface area contributed by atoms with Crippen LogP contribution in [0.3, 0.4) is 0 Å². The third-order valence-electron chi connectivity index (χ3n) is 6.22. The fourth-order valence-electron chi connectivity index (χ4n) is 4.76. The number of nitrogens with zero attached hydrogens (tertiary/aromatic N) is 2. The zero-order valence-corrected chi connectivity index (χ0v) is 17.9. The van der Waals surface area contributed by atoms with Gasteiger partial charge in [0, 0.05) is 62.9 Å². The number of hydrogen-bond acceptors (Lipinski definition) is 3. The van der Waals surface area contributed by atoms with Gasteiger partial charge in [0.25, 0.3) is 5.91 Å². The number of allylic oxidation sites excluding steroid dienone is 1. The topological polar surface area (TPSA) is 63.6 Å². The molecule has 0 saturated heterocycles. The Morgan fingerprint density at radius 1 is 1.23 bits per heavy atom. The molecule has 0 fully saturated rings. The second-order valence-corrected chi connectivity index (χ2v) is 8.06. The minimum absolute atomic E-state index is 0.0450. The van der Waals surface area contributed by atoms with E-state index >= 15 is 0 Å². The standard InChI is InChI=1S/C24H29N3O3/c1-26-15-19(16-9-6-7-12-20(16)26)22-21(23(28)25-13-8-14-30-3)17-10-4-5-11-18(17)24(29)27(22)2/h4-6,9-11,15,21-22H,7-8,12-14H2,1-3H3,(H,25,28). The Hall–Kier alpha value is -2.86. The van der Waals surface area contributed by atoms with Crippen LogP contribution in [0.2, 0.25) is 0 Å². The summed E-state index contributed by atoms with van der Waals surface area (Å²) < 4.78 is 7.24. The van der Waals surface area contributed by atoms with E-state index in [4.69, 9.17) is 4.74 Å². The molecule has 2 heterocycles. The van der Waals surface area contributed by atoms with Crippen LogP contribution in [-0.4, -0.2) is 48.6 Å². The van der Waals surface area contributed by atoms with Crippen molar-refractivity contribution in [1.29, 1.82) is 0 Å². The van der Waals surface area contributed by atoms with Gasteiger partial charge in [-0.2, -0.15) is 0 Å². The molecular formula is C24H29N3O3. The lowest BCUT2D eigenvalue weighted by Gasteiger charge is -2.39. The van der Waals surface area contributed by atoms with Crippen LogP contribution < -0.4 is 5.32 Å². The number of likely N-dealkylation sites (N-methyl/N-ethyl adjacent to an activating group) is 1. The van der Waals surface area contributed by atoms with E-state index in [1.165, 1.54) is 5.69 Å². The molecule has 6 heteroatoms. The number of nitrogens with one attached hydrogen (secondary N) is 1. The number of carbonyl (C=O) groups excluding carboxylic acids is 2. The molecular weight excluding hydrogens is 378 g/mol. The highest BCUT2D eigenvalue weighted by Crippen LogP contribution is 2.44. The Kier molecular flexibility index (Phi) is 5.77. The third kappa shape index (κ3) is 3.45. The van der Waals surface area contributed by atoms with Crippen LogP contribution in [0.5, 0.6) is 0 Å². The molecule has 6 nitrogen and oxygen atoms in total. The predicted octanol–water partition coefficient (Wildman–Crippen LogP) is 3.05. The number of aromatic nitrogens is 1. The van der Waals surface area contributed by atoms with E-state index in [1.807, 2.05) is 31.3 Å². The molecule has 30 heavy (non-hydrogen) atoms. The van der Waals surface area contributed by atoms with Crippen molar-refractivity contribution < 1.29 is 14.3 Å². The van der Waals surface area contributed by atoms with Crippen molar-refractivity contribution in [3.63, 3.8) is 0 Å². The summed E-state index contributed by atoms with van der Waals surface area (Å²) in [5.41, 5.74) is 4.84. The lowest BCUT2D eigenvalue weighted by atomic mass is 9.78. The first kappa shape index (κ1) is 20.4. The number of benzene rings is 1. The van der Waals surface area contributed by atoms with Crippen LogP contribution >= 0.6 is 0 Å². The molecule has 0 bridgehead atoms. The van der Waals surface area contributed by atoms with Crippen molar-refractivity contribution in [1.82, 2.24) is 14.8 Å². The molecule has 1 aromatic heterocycles. The average molecular weight is 408 g/mol. The Morgan fingerprint density at radius 3 is 2.83 bits per heavy atom. The maximum Gasteiger partial charge on any atom is 0.254 e. The smallest absolute Gasteiger partial charge is 0.254 e. The third-order valence-corrected chi connectivity index (χ3v) is 6.22. The van der Waals surface area contributed by atoms with Crippen molar-refractivity contribution in [2.45, 2.75) is 31.2 Å². The van der Waals surface area contributed by atoms with Gasteiger partial charge in [0.15, 0.2) is 0 Å². The molecule has 2 aromatic rings. The zero-order valence-electron chi connectivity index (χ0n) is 17.9. The van der Waals surface area contributed by atoms with Gasteiger partial charge in [-0.1, -0.05) is 30.4 Å². The maximum absolute atomic E-state index is 13.4. The molecule has 4 rings (SSSR count). The molecule has 1 aliphatic carbocycles. The number of ether oxygens (including phenoxy) is 1. The number of aryl methyl sites for hydroxylation is 1. The fourth-order valence-corrected chi connectivity index (χ4v) is 4.76. The first-order valence-corrected chi connectivity index (χ1v) is 10.5. The first-order chi connectivity index (χ1) is 14.5. The van der Waals surface area contributed by atoms with Crippen molar-refractivity contribution in [2.24, 2.45) is 7.05 Å². The van der Waals surface area contributed by atoms with Crippen LogP contribution in [0, 0.1) is 0 Å². The Morgan fingerprint density at radius 2 is 2.03 bits per heavy atom. The first-order valence-electron chi connectivity index (χ1n) is 10.5. The van der Waals surface area contributed by atoms with Gasteiger partial charge in [0.1, 0.15) is 0 Å². The molecule has 0 radical (unpaired) electrons. The SMILES string of the molecule is COCCCNC(=O)C1c2ccccc2C(=O)N(C)C1c1cn(C)c2c1C=CCC2. The van der Waals surface area contributed by atoms with Crippen molar-refractivity contribution in [3.8, 4) is 0 Å². The van der Waals surface area contributed by atoms with Crippen LogP contribution in [-0.2, 0) is 23.0 Å². The summed E-state index contributed by atoms with van der Waals surface area (Å²) in [5.74, 6) is -0.565. The summed E-state index contributed by atoms with van der Waals surface area (Å²) in [6.07, 6.45) is 9.13. The van der Waals surface area contributed by atoms with Gasteiger partial charge >= 0.3 is 0 Å². The molecule has 2 amide bonds. The van der Waals surface area contributed by atoms with E-state index in [0.717, 1.165) is 36.0 Å². The number of hydrogen-bond donors (Lipinski definition) is 1. The summed E-state index contributed by atoms with van der Waals surface area (Å²) in [6.45, 7) is 1.14. The molecule has 2 atom stereocenters. The number of amides is 2. The van der Waals surface area contributed by atoms with Crippen molar-refractivity contribution >= 4 is 17.9 Å². The van der Waals surface area contributed by atoms with E-state index in [9.17, 15) is 9.59 Å². The zero-order chi connectivity index (χ0) is 21.3. The number of carbonyl (C=O) groups is 2. The van der Waals surface area contributed by atoms with Crippen LogP contribution in [0.4, 0.5) is 0 Å². The van der Waals surface area contributed by atoms with Crippen LogP contribution in [0.25, 0.3) is 6.08 Å². The normalized spacial score (nSPS) is 20.1. The molecule has 0 saturated carbocycles. The lowest BCUT2D eigenvalue weighted by molar-refractivity contribution is -0.124. The fraction of sp³-hybridized carbons (Fsp3) is 0.417. The van der Waals surface area contributed by atoms with E-state index in [2.05, 4.69) is 28.2 Å². The number of fused-ring (bicyclic) bond motifs is 2. The summed E-state index contributed by atoms with van der Waals surface area (Å²) in [7, 11) is 5.50. The highest BCUT2D eigenvalue weighted by molar-refractivity contribution is 6.01. The maximum atomic E-state index is 13.4. The van der Waals surface area contributed by atoms with Crippen molar-refractivity contribution in [2.75, 3.05) is 27.3 Å². The minimum Gasteiger partial charge on any atom is -0.385 e. The van der Waals surface area contributed by atoms with E-state index in [0.29, 0.717) is 18.7 Å². The Bertz CT molecular complexity index is 992. The summed E-state index contributed by atoms with van der Waals surface area (Å²) in [4.78, 5) is 28.4. The Balaban J connectivity index is 1.78. The Labute approximate surface area is 177 Å². The molecule has 2 aliphatic rings. The predicted molar refractivity (Wildman–Crippen MR) is 116 cm³/mol. The van der Waals surface area contributed by atoms with Gasteiger partial charge in [-0.25, -0.2) is 0 Å². The number of methoxy groups -OCH3 is 1. The van der Waals surface area contributed by atoms with Gasteiger partial charge in [-0.05, 0) is 30.9 Å². The second kappa shape index (κ2) is 8.48. The van der Waals surface area contributed by atoms with E-state index in [1.54, 1.807) is 19.1 Å². The van der Waals surface area contributed by atoms with Crippen LogP contribution in [0.15, 0.2) is 36.5 Å². The monoisotopic (exact) mass is 407 g/mol. The number of rotatable bonds is 6.